The molecule has 0 rings (SSSR count). The Kier molecular flexibility index (Phi) is 17.9. The monoisotopic (exact) mass is 1220 g/mol. The zero-order valence-corrected chi connectivity index (χ0v) is 36.3. The summed E-state index contributed by atoms with van der Waals surface area (Å²) < 4.78 is 520. The number of carboxylic acids is 2. The maximum atomic E-state index is 15.2. The lowest BCUT2D eigenvalue weighted by Crippen LogP contribution is -2.76. The Morgan fingerprint density at radius 3 is 0.743 bits per heavy atom. The van der Waals surface area contributed by atoms with Crippen molar-refractivity contribution in [1.29, 1.82) is 0 Å². The Morgan fingerprint density at radius 1 is 0.378 bits per heavy atom. The summed E-state index contributed by atoms with van der Waals surface area (Å²) >= 11 is 0. The van der Waals surface area contributed by atoms with Crippen molar-refractivity contribution in [1.82, 2.24) is 8.61 Å². The Labute approximate surface area is 385 Å². The molecule has 2 N–H and O–H groups in total. The van der Waals surface area contributed by atoms with Crippen molar-refractivity contribution in [2.45, 2.75) is 139 Å². The fourth-order valence-electron chi connectivity index (χ4n) is 5.81. The minimum Gasteiger partial charge on any atom is -0.481 e. The third-order valence-corrected chi connectivity index (χ3v) is 14.7. The molecule has 0 spiro atoms. The van der Waals surface area contributed by atoms with E-state index in [2.05, 4.69) is 0 Å². The van der Waals surface area contributed by atoms with Crippen molar-refractivity contribution in [2.75, 3.05) is 14.1 Å². The molecule has 442 valence electrons. The summed E-state index contributed by atoms with van der Waals surface area (Å²) in [5.41, 5.74) is -4.76. The van der Waals surface area contributed by atoms with E-state index in [1.807, 2.05) is 0 Å². The Balaban J connectivity index is 8.32. The number of carboxylic acid groups (broad SMARTS) is 2. The number of carbonyl (C=O) groups is 2. The third-order valence-electron chi connectivity index (χ3n) is 10.8. The molecule has 0 heterocycles. The highest BCUT2D eigenvalue weighted by molar-refractivity contribution is 7.90. The molecule has 46 heteroatoms. The molecule has 0 radical (unpaired) electrons. The van der Waals surface area contributed by atoms with Gasteiger partial charge in [0, 0.05) is 32.6 Å². The molecule has 0 saturated heterocycles. The molecule has 0 bridgehead atoms. The van der Waals surface area contributed by atoms with E-state index in [9.17, 15) is 163 Å². The summed E-state index contributed by atoms with van der Waals surface area (Å²) in [5, 5.41) is 1.55. The average Bonchev–Trinajstić information content (AvgIpc) is 3.18. The normalized spacial score (nSPS) is 17.9. The number of hydrogen-bond donors (Lipinski definition) is 2. The third kappa shape index (κ3) is 9.03. The van der Waals surface area contributed by atoms with Crippen LogP contribution < -0.4 is 0 Å². The van der Waals surface area contributed by atoms with Gasteiger partial charge in [0.15, 0.2) is 0 Å². The van der Waals surface area contributed by atoms with Crippen molar-refractivity contribution in [3.63, 3.8) is 0 Å². The molecule has 0 aromatic carbocycles. The zero-order chi connectivity index (χ0) is 61.1. The maximum absolute atomic E-state index is 15.2. The number of alkyl halides is 34. The molecule has 0 aromatic heterocycles. The van der Waals surface area contributed by atoms with E-state index in [4.69, 9.17) is 5.11 Å². The van der Waals surface area contributed by atoms with E-state index in [1.165, 1.54) is 0 Å². The lowest BCUT2D eigenvalue weighted by atomic mass is 9.71. The first-order valence-electron chi connectivity index (χ1n) is 17.3. The van der Waals surface area contributed by atoms with Gasteiger partial charge in [-0.05, 0) is 26.7 Å². The van der Waals surface area contributed by atoms with Crippen LogP contribution in [0, 0.1) is 5.41 Å². The van der Waals surface area contributed by atoms with E-state index in [0.29, 0.717) is 0 Å². The molecule has 10 nitrogen and oxygen atoms in total. The van der Waals surface area contributed by atoms with Crippen molar-refractivity contribution in [3.8, 4) is 0 Å². The molecule has 0 amide bonds. The van der Waals surface area contributed by atoms with Gasteiger partial charge in [-0.1, -0.05) is 0 Å². The van der Waals surface area contributed by atoms with Crippen LogP contribution in [0.15, 0.2) is 0 Å². The lowest BCUT2D eigenvalue weighted by Gasteiger charge is -2.48. The van der Waals surface area contributed by atoms with Crippen LogP contribution in [0.25, 0.3) is 0 Å². The van der Waals surface area contributed by atoms with Crippen LogP contribution in [0.2, 0.25) is 0 Å². The van der Waals surface area contributed by atoms with E-state index >= 15 is 17.6 Å². The van der Waals surface area contributed by atoms with Crippen molar-refractivity contribution >= 4 is 32.0 Å². The molecule has 2 atom stereocenters. The van der Waals surface area contributed by atoms with Gasteiger partial charge < -0.3 is 10.2 Å². The highest BCUT2D eigenvalue weighted by atomic mass is 32.2. The first kappa shape index (κ1) is 70.4. The first-order valence-corrected chi connectivity index (χ1v) is 20.2. The molecule has 0 saturated carbocycles. The smallest absolute Gasteiger partial charge is 0.460 e. The lowest BCUT2D eigenvalue weighted by molar-refractivity contribution is -0.458. The maximum Gasteiger partial charge on any atom is 0.460 e. The van der Waals surface area contributed by atoms with Gasteiger partial charge in [-0.25, -0.2) is 16.8 Å². The van der Waals surface area contributed by atoms with Gasteiger partial charge in [0.2, 0.25) is 0 Å². The van der Waals surface area contributed by atoms with Gasteiger partial charge in [0.1, 0.15) is 5.41 Å². The molecular formula is C28H22F34N2O8S2. The number of halogens is 34. The predicted molar refractivity (Wildman–Crippen MR) is 165 cm³/mol. The topological polar surface area (TPSA) is 149 Å². The molecule has 74 heavy (non-hydrogen) atoms. The van der Waals surface area contributed by atoms with E-state index in [0.717, 1.165) is 0 Å². The first-order chi connectivity index (χ1) is 31.5. The van der Waals surface area contributed by atoms with Crippen molar-refractivity contribution in [2.24, 2.45) is 5.41 Å². The summed E-state index contributed by atoms with van der Waals surface area (Å²) in [7, 11) is -19.7. The minimum atomic E-state index is -9.53. The van der Waals surface area contributed by atoms with Crippen molar-refractivity contribution in [3.05, 3.63) is 0 Å². The Morgan fingerprint density at radius 2 is 0.568 bits per heavy atom. The Bertz CT molecular complexity index is 2170. The fourth-order valence-corrected chi connectivity index (χ4v) is 8.65. The second kappa shape index (κ2) is 18.8. The number of nitrogens with zero attached hydrogens (tertiary/aromatic N) is 2. The summed E-state index contributed by atoms with van der Waals surface area (Å²) in [4.78, 5) is 23.8. The van der Waals surface area contributed by atoms with Crippen LogP contribution >= 0.6 is 0 Å². The summed E-state index contributed by atoms with van der Waals surface area (Å²) in [6.45, 7) is -1.25. The second-order valence-corrected chi connectivity index (χ2v) is 19.0. The molecular weight excluding hydrogens is 1200 g/mol. The van der Waals surface area contributed by atoms with Crippen LogP contribution in [-0.2, 0) is 29.6 Å². The van der Waals surface area contributed by atoms with Crippen LogP contribution in [0.3, 0.4) is 0 Å². The molecule has 0 aliphatic rings. The minimum absolute atomic E-state index is 0.626. The second-order valence-electron chi connectivity index (χ2n) is 14.9. The standard InChI is InChI=1S/C28H22F34N2O8S2/c1-8(63(3)73(69,70)27(59,60)23(49,50)19(41,42)15(33,34)13(29,30)17(37,38)21(45,46)25(53,54)55)12(11(67)68,7-5-6-10(65)66)9(2)64(4)74(71,72)28(61,62)24(51,52)20(43,44)16(35,36)14(31,32)18(39,40)22(47,48)26(56,57)58/h8-9H,5-7H2,1-4H3,(H,65,66)(H,67,68). The van der Waals surface area contributed by atoms with E-state index in [1.54, 1.807) is 0 Å². The number of rotatable bonds is 25. The highest BCUT2D eigenvalue weighted by Crippen LogP contribution is 2.67. The number of aliphatic carboxylic acids is 2. The SMILES string of the molecule is CC(N(C)S(=O)(=O)C(F)(F)C(F)(F)C(F)(F)C(F)(F)C(F)(F)C(F)(F)C(F)(F)C(F)(F)F)C(CCCC(=O)O)(C(=O)O)C(C)N(C)S(=O)(=O)C(F)(F)C(F)(F)C(F)(F)C(F)(F)C(F)(F)C(F)(F)C(F)(F)C(F)(F)F. The van der Waals surface area contributed by atoms with Gasteiger partial charge in [-0.15, -0.1) is 0 Å². The van der Waals surface area contributed by atoms with E-state index < -0.39 is 199 Å². The van der Waals surface area contributed by atoms with Crippen molar-refractivity contribution < 1.29 is 186 Å². The van der Waals surface area contributed by atoms with Crippen LogP contribution in [0.5, 0.6) is 0 Å². The summed E-state index contributed by atoms with van der Waals surface area (Å²) in [5.74, 6) is -117. The fraction of sp³-hybridized carbons (Fsp3) is 0.929. The molecule has 0 aliphatic carbocycles. The quantitative estimate of drug-likeness (QED) is 0.0859. The number of sulfonamides is 2. The van der Waals surface area contributed by atoms with Gasteiger partial charge in [-0.2, -0.15) is 158 Å². The van der Waals surface area contributed by atoms with Crippen LogP contribution in [-0.4, -0.2) is 168 Å². The van der Waals surface area contributed by atoms with Gasteiger partial charge in [0.05, 0.1) is 0 Å². The average molecular weight is 1220 g/mol. The van der Waals surface area contributed by atoms with E-state index in [-0.39, 0.29) is 0 Å². The molecule has 0 aromatic rings. The van der Waals surface area contributed by atoms with Gasteiger partial charge >= 0.3 is 106 Å². The highest BCUT2D eigenvalue weighted by Gasteiger charge is 2.98. The van der Waals surface area contributed by atoms with Gasteiger partial charge in [0.25, 0.3) is 20.0 Å². The Hall–Kier alpha value is -3.62. The molecule has 0 aliphatic heterocycles. The predicted octanol–water partition coefficient (Wildman–Crippen LogP) is 10.5. The summed E-state index contributed by atoms with van der Waals surface area (Å²) in [6.07, 6.45) is -22.6. The van der Waals surface area contributed by atoms with Gasteiger partial charge in [-0.3, -0.25) is 9.59 Å². The molecule has 2 unspecified atom stereocenters. The van der Waals surface area contributed by atoms with Crippen LogP contribution in [0.4, 0.5) is 149 Å². The zero-order valence-electron chi connectivity index (χ0n) is 34.7. The number of hydrogen-bond acceptors (Lipinski definition) is 6. The molecule has 0 fully saturated rings. The summed E-state index contributed by atoms with van der Waals surface area (Å²) in [6, 6.07) is -8.26. The largest absolute Gasteiger partial charge is 0.481 e. The van der Waals surface area contributed by atoms with Crippen LogP contribution in [0.1, 0.15) is 33.1 Å².